The largest absolute Gasteiger partial charge is 0.296 e. The summed E-state index contributed by atoms with van der Waals surface area (Å²) in [5, 5.41) is 12.0. The summed E-state index contributed by atoms with van der Waals surface area (Å²) in [5.74, 6) is -0.228. The second-order valence-corrected chi connectivity index (χ2v) is 7.19. The van der Waals surface area contributed by atoms with Crippen molar-refractivity contribution in [2.24, 2.45) is 0 Å². The Hall–Kier alpha value is -2.77. The highest BCUT2D eigenvalue weighted by molar-refractivity contribution is 7.14. The van der Waals surface area contributed by atoms with Gasteiger partial charge in [-0.15, -0.1) is 22.7 Å². The Bertz CT molecular complexity index is 1000. The van der Waals surface area contributed by atoms with Gasteiger partial charge in [0, 0.05) is 5.38 Å². The van der Waals surface area contributed by atoms with Gasteiger partial charge in [-0.1, -0.05) is 24.3 Å². The van der Waals surface area contributed by atoms with E-state index in [9.17, 15) is 4.79 Å². The lowest BCUT2D eigenvalue weighted by Crippen LogP contribution is -2.16. The molecule has 0 aliphatic rings. The maximum absolute atomic E-state index is 12.8. The van der Waals surface area contributed by atoms with Gasteiger partial charge in [-0.25, -0.2) is 9.67 Å². The molecule has 0 spiro atoms. The number of hydrogen-bond acceptors (Lipinski definition) is 5. The molecule has 0 fully saturated rings. The smallest absolute Gasteiger partial charge is 0.276 e. The van der Waals surface area contributed by atoms with Gasteiger partial charge < -0.3 is 0 Å². The first-order valence-corrected chi connectivity index (χ1v) is 9.39. The van der Waals surface area contributed by atoms with Crippen molar-refractivity contribution in [3.05, 3.63) is 70.7 Å². The van der Waals surface area contributed by atoms with E-state index in [4.69, 9.17) is 0 Å². The highest BCUT2D eigenvalue weighted by atomic mass is 32.1. The first kappa shape index (κ1) is 15.7. The zero-order valence-electron chi connectivity index (χ0n) is 13.3. The number of aryl methyl sites for hydroxylation is 1. The molecule has 25 heavy (non-hydrogen) atoms. The number of benzene rings is 1. The SMILES string of the molecule is Cc1csc(NC(=O)c2cc(-c3cccs3)nn2-c2ccccc2)n1. The molecule has 0 aliphatic heterocycles. The Morgan fingerprint density at radius 2 is 1.96 bits per heavy atom. The fourth-order valence-corrected chi connectivity index (χ4v) is 3.79. The van der Waals surface area contributed by atoms with Gasteiger partial charge in [-0.05, 0) is 36.6 Å². The fourth-order valence-electron chi connectivity index (χ4n) is 2.43. The molecule has 1 N–H and O–H groups in total. The molecule has 124 valence electrons. The minimum Gasteiger partial charge on any atom is -0.296 e. The van der Waals surface area contributed by atoms with Crippen LogP contribution in [0.4, 0.5) is 5.13 Å². The zero-order chi connectivity index (χ0) is 17.2. The molecule has 0 radical (unpaired) electrons. The van der Waals surface area contributed by atoms with Crippen LogP contribution in [0.1, 0.15) is 16.2 Å². The first-order valence-electron chi connectivity index (χ1n) is 7.63. The summed E-state index contributed by atoms with van der Waals surface area (Å²) >= 11 is 3.00. The lowest BCUT2D eigenvalue weighted by Gasteiger charge is -2.06. The summed E-state index contributed by atoms with van der Waals surface area (Å²) in [7, 11) is 0. The summed E-state index contributed by atoms with van der Waals surface area (Å²) in [6.07, 6.45) is 0. The summed E-state index contributed by atoms with van der Waals surface area (Å²) in [5.41, 5.74) is 2.98. The van der Waals surface area contributed by atoms with E-state index in [-0.39, 0.29) is 5.91 Å². The number of carbonyl (C=O) groups is 1. The molecule has 4 rings (SSSR count). The predicted octanol–water partition coefficient (Wildman–Crippen LogP) is 4.62. The van der Waals surface area contributed by atoms with Crippen LogP contribution in [0.2, 0.25) is 0 Å². The topological polar surface area (TPSA) is 59.8 Å². The van der Waals surface area contributed by atoms with Crippen molar-refractivity contribution < 1.29 is 4.79 Å². The standard InChI is InChI=1S/C18H14N4OS2/c1-12-11-25-18(19-12)20-17(23)15-10-14(16-8-5-9-24-16)21-22(15)13-6-3-2-4-7-13/h2-11H,1H3,(H,19,20,23). The van der Waals surface area contributed by atoms with Gasteiger partial charge in [-0.2, -0.15) is 5.10 Å². The quantitative estimate of drug-likeness (QED) is 0.573. The van der Waals surface area contributed by atoms with Crippen LogP contribution in [0.5, 0.6) is 0 Å². The summed E-state index contributed by atoms with van der Waals surface area (Å²) in [4.78, 5) is 18.1. The highest BCUT2D eigenvalue weighted by Crippen LogP contribution is 2.26. The average molecular weight is 366 g/mol. The Balaban J connectivity index is 1.75. The number of carbonyl (C=O) groups excluding carboxylic acids is 1. The number of rotatable bonds is 4. The lowest BCUT2D eigenvalue weighted by molar-refractivity contribution is 0.101. The van der Waals surface area contributed by atoms with Crippen LogP contribution < -0.4 is 5.32 Å². The van der Waals surface area contributed by atoms with E-state index in [1.54, 1.807) is 16.0 Å². The first-order chi connectivity index (χ1) is 12.2. The molecule has 0 atom stereocenters. The van der Waals surface area contributed by atoms with E-state index in [0.717, 1.165) is 22.0 Å². The van der Waals surface area contributed by atoms with Gasteiger partial charge in [0.2, 0.25) is 0 Å². The van der Waals surface area contributed by atoms with Crippen molar-refractivity contribution in [3.63, 3.8) is 0 Å². The molecule has 0 saturated heterocycles. The van der Waals surface area contributed by atoms with Crippen LogP contribution in [0.15, 0.2) is 59.3 Å². The van der Waals surface area contributed by atoms with Crippen LogP contribution in [-0.2, 0) is 0 Å². The molecule has 1 aromatic carbocycles. The third-order valence-electron chi connectivity index (χ3n) is 3.56. The number of thiazole rings is 1. The minimum absolute atomic E-state index is 0.228. The van der Waals surface area contributed by atoms with E-state index in [1.165, 1.54) is 11.3 Å². The molecule has 0 saturated carbocycles. The van der Waals surface area contributed by atoms with E-state index in [2.05, 4.69) is 15.4 Å². The molecule has 3 aromatic heterocycles. The van der Waals surface area contributed by atoms with E-state index < -0.39 is 0 Å². The second kappa shape index (κ2) is 6.62. The normalized spacial score (nSPS) is 10.8. The maximum atomic E-state index is 12.8. The van der Waals surface area contributed by atoms with Crippen LogP contribution in [0.25, 0.3) is 16.3 Å². The number of para-hydroxylation sites is 1. The lowest BCUT2D eigenvalue weighted by atomic mass is 10.3. The third kappa shape index (κ3) is 3.24. The maximum Gasteiger partial charge on any atom is 0.276 e. The van der Waals surface area contributed by atoms with Gasteiger partial charge in [-0.3, -0.25) is 10.1 Å². The van der Waals surface area contributed by atoms with Gasteiger partial charge in [0.15, 0.2) is 5.13 Å². The summed E-state index contributed by atoms with van der Waals surface area (Å²) in [6, 6.07) is 15.4. The van der Waals surface area contributed by atoms with Crippen molar-refractivity contribution in [1.29, 1.82) is 0 Å². The molecule has 0 aliphatic carbocycles. The van der Waals surface area contributed by atoms with Gasteiger partial charge in [0.25, 0.3) is 5.91 Å². The van der Waals surface area contributed by atoms with Gasteiger partial charge >= 0.3 is 0 Å². The molecule has 3 heterocycles. The van der Waals surface area contributed by atoms with Crippen molar-refractivity contribution in [2.75, 3.05) is 5.32 Å². The Morgan fingerprint density at radius 3 is 2.64 bits per heavy atom. The minimum atomic E-state index is -0.228. The highest BCUT2D eigenvalue weighted by Gasteiger charge is 2.19. The summed E-state index contributed by atoms with van der Waals surface area (Å²) < 4.78 is 1.67. The van der Waals surface area contributed by atoms with Crippen molar-refractivity contribution in [3.8, 4) is 16.3 Å². The van der Waals surface area contributed by atoms with E-state index in [0.29, 0.717) is 10.8 Å². The van der Waals surface area contributed by atoms with E-state index >= 15 is 0 Å². The van der Waals surface area contributed by atoms with Crippen LogP contribution >= 0.6 is 22.7 Å². The Kier molecular flexibility index (Phi) is 4.17. The molecular formula is C18H14N4OS2. The van der Waals surface area contributed by atoms with E-state index in [1.807, 2.05) is 66.2 Å². The van der Waals surface area contributed by atoms with Gasteiger partial charge in [0.05, 0.1) is 16.3 Å². The average Bonchev–Trinajstić information content (AvgIpc) is 3.35. The van der Waals surface area contributed by atoms with Crippen molar-refractivity contribution >= 4 is 33.7 Å². The molecule has 1 amide bonds. The van der Waals surface area contributed by atoms with Crippen LogP contribution in [-0.4, -0.2) is 20.7 Å². The molecule has 0 bridgehead atoms. The number of anilines is 1. The number of aromatic nitrogens is 3. The monoisotopic (exact) mass is 366 g/mol. The van der Waals surface area contributed by atoms with Crippen LogP contribution in [0, 0.1) is 6.92 Å². The molecular weight excluding hydrogens is 352 g/mol. The van der Waals surface area contributed by atoms with Crippen molar-refractivity contribution in [1.82, 2.24) is 14.8 Å². The number of nitrogens with zero attached hydrogens (tertiary/aromatic N) is 3. The molecule has 4 aromatic rings. The molecule has 7 heteroatoms. The molecule has 0 unspecified atom stereocenters. The number of hydrogen-bond donors (Lipinski definition) is 1. The van der Waals surface area contributed by atoms with Crippen molar-refractivity contribution in [2.45, 2.75) is 6.92 Å². The third-order valence-corrected chi connectivity index (χ3v) is 5.32. The van der Waals surface area contributed by atoms with Crippen LogP contribution in [0.3, 0.4) is 0 Å². The molecule has 5 nitrogen and oxygen atoms in total. The number of nitrogens with one attached hydrogen (secondary N) is 1. The summed E-state index contributed by atoms with van der Waals surface area (Å²) in [6.45, 7) is 1.90. The number of thiophene rings is 1. The zero-order valence-corrected chi connectivity index (χ0v) is 15.0. The van der Waals surface area contributed by atoms with Gasteiger partial charge in [0.1, 0.15) is 11.4 Å². The fraction of sp³-hybridized carbons (Fsp3) is 0.0556. The Morgan fingerprint density at radius 1 is 1.12 bits per heavy atom. The number of amides is 1. The second-order valence-electron chi connectivity index (χ2n) is 5.39. The Labute approximate surface area is 152 Å². The predicted molar refractivity (Wildman–Crippen MR) is 102 cm³/mol.